The molecular weight excluding hydrogens is 250 g/mol. The highest BCUT2D eigenvalue weighted by Gasteiger charge is 2.08. The van der Waals surface area contributed by atoms with Gasteiger partial charge < -0.3 is 10.6 Å². The zero-order chi connectivity index (χ0) is 15.0. The summed E-state index contributed by atoms with van der Waals surface area (Å²) in [6, 6.07) is 0.418. The molecule has 0 aliphatic rings. The predicted molar refractivity (Wildman–Crippen MR) is 85.0 cm³/mol. The summed E-state index contributed by atoms with van der Waals surface area (Å²) in [5.41, 5.74) is 1.20. The van der Waals surface area contributed by atoms with Crippen molar-refractivity contribution in [3.05, 3.63) is 18.0 Å². The van der Waals surface area contributed by atoms with Crippen LogP contribution < -0.4 is 10.6 Å². The fraction of sp³-hybridized carbons (Fsp3) is 0.733. The highest BCUT2D eigenvalue weighted by molar-refractivity contribution is 5.80. The van der Waals surface area contributed by atoms with Crippen molar-refractivity contribution in [3.63, 3.8) is 0 Å². The van der Waals surface area contributed by atoms with E-state index in [2.05, 4.69) is 61.5 Å². The predicted octanol–water partition coefficient (Wildman–Crippen LogP) is 2.18. The molecule has 1 aromatic heterocycles. The topological polar surface area (TPSA) is 54.2 Å². The molecule has 0 bridgehead atoms. The Morgan fingerprint density at radius 1 is 1.40 bits per heavy atom. The SMILES string of the molecule is CCNC(=NCCCn1cc(C)cn1)NC(C)C(C)C. The van der Waals surface area contributed by atoms with Gasteiger partial charge in [0.05, 0.1) is 6.20 Å². The molecule has 0 aliphatic heterocycles. The average molecular weight is 279 g/mol. The van der Waals surface area contributed by atoms with Crippen LogP contribution in [-0.4, -0.2) is 34.9 Å². The molecule has 0 aliphatic carbocycles. The maximum absolute atomic E-state index is 4.61. The molecule has 0 spiro atoms. The molecule has 1 unspecified atom stereocenters. The second kappa shape index (κ2) is 8.61. The largest absolute Gasteiger partial charge is 0.357 e. The highest BCUT2D eigenvalue weighted by atomic mass is 15.3. The van der Waals surface area contributed by atoms with Crippen molar-refractivity contribution in [2.24, 2.45) is 10.9 Å². The maximum atomic E-state index is 4.61. The minimum Gasteiger partial charge on any atom is -0.357 e. The Labute approximate surface area is 122 Å². The lowest BCUT2D eigenvalue weighted by atomic mass is 10.1. The number of aromatic nitrogens is 2. The monoisotopic (exact) mass is 279 g/mol. The average Bonchev–Trinajstić information content (AvgIpc) is 2.80. The van der Waals surface area contributed by atoms with Crippen LogP contribution in [0, 0.1) is 12.8 Å². The molecule has 5 nitrogen and oxygen atoms in total. The molecule has 0 fully saturated rings. The van der Waals surface area contributed by atoms with Crippen LogP contribution in [0.5, 0.6) is 0 Å². The van der Waals surface area contributed by atoms with Gasteiger partial charge in [-0.05, 0) is 38.7 Å². The summed E-state index contributed by atoms with van der Waals surface area (Å²) in [6.45, 7) is 13.4. The summed E-state index contributed by atoms with van der Waals surface area (Å²) in [4.78, 5) is 4.61. The van der Waals surface area contributed by atoms with E-state index < -0.39 is 0 Å². The Kier molecular flexibility index (Phi) is 7.12. The van der Waals surface area contributed by atoms with Gasteiger partial charge in [0, 0.05) is 31.9 Å². The maximum Gasteiger partial charge on any atom is 0.191 e. The highest BCUT2D eigenvalue weighted by Crippen LogP contribution is 2.00. The van der Waals surface area contributed by atoms with E-state index in [9.17, 15) is 0 Å². The van der Waals surface area contributed by atoms with E-state index in [1.54, 1.807) is 0 Å². The van der Waals surface area contributed by atoms with Crippen molar-refractivity contribution in [2.45, 2.75) is 53.6 Å². The summed E-state index contributed by atoms with van der Waals surface area (Å²) in [5.74, 6) is 1.50. The van der Waals surface area contributed by atoms with Crippen molar-refractivity contribution >= 4 is 5.96 Å². The van der Waals surface area contributed by atoms with Gasteiger partial charge in [-0.25, -0.2) is 0 Å². The van der Waals surface area contributed by atoms with E-state index in [-0.39, 0.29) is 0 Å². The van der Waals surface area contributed by atoms with Crippen LogP contribution in [0.25, 0.3) is 0 Å². The second-order valence-electron chi connectivity index (χ2n) is 5.57. The van der Waals surface area contributed by atoms with Crippen molar-refractivity contribution in [3.8, 4) is 0 Å². The molecule has 0 saturated carbocycles. The van der Waals surface area contributed by atoms with E-state index in [1.807, 2.05) is 10.9 Å². The normalized spacial score (nSPS) is 13.6. The van der Waals surface area contributed by atoms with Crippen molar-refractivity contribution in [1.29, 1.82) is 0 Å². The number of nitrogens with zero attached hydrogens (tertiary/aromatic N) is 3. The smallest absolute Gasteiger partial charge is 0.191 e. The first-order chi connectivity index (χ1) is 9.52. The fourth-order valence-electron chi connectivity index (χ4n) is 1.72. The van der Waals surface area contributed by atoms with Crippen molar-refractivity contribution in [2.75, 3.05) is 13.1 Å². The molecule has 2 N–H and O–H groups in total. The van der Waals surface area contributed by atoms with Crippen LogP contribution >= 0.6 is 0 Å². The molecular formula is C15H29N5. The van der Waals surface area contributed by atoms with Gasteiger partial charge in [-0.2, -0.15) is 5.10 Å². The summed E-state index contributed by atoms with van der Waals surface area (Å²) in [5, 5.41) is 11.0. The lowest BCUT2D eigenvalue weighted by molar-refractivity contribution is 0.480. The number of rotatable bonds is 7. The van der Waals surface area contributed by atoms with Crippen LogP contribution in [0.15, 0.2) is 17.4 Å². The van der Waals surface area contributed by atoms with Crippen molar-refractivity contribution in [1.82, 2.24) is 20.4 Å². The molecule has 0 radical (unpaired) electrons. The number of hydrogen-bond acceptors (Lipinski definition) is 2. The van der Waals surface area contributed by atoms with Crippen molar-refractivity contribution < 1.29 is 0 Å². The van der Waals surface area contributed by atoms with E-state index in [0.29, 0.717) is 12.0 Å². The molecule has 114 valence electrons. The number of aliphatic imine (C=N–C) groups is 1. The van der Waals surface area contributed by atoms with Crippen LogP contribution in [0.3, 0.4) is 0 Å². The fourth-order valence-corrected chi connectivity index (χ4v) is 1.72. The van der Waals surface area contributed by atoms with Gasteiger partial charge in [-0.3, -0.25) is 9.67 Å². The Morgan fingerprint density at radius 2 is 2.15 bits per heavy atom. The molecule has 0 saturated heterocycles. The van der Waals surface area contributed by atoms with Crippen LogP contribution in [-0.2, 0) is 6.54 Å². The number of nitrogens with one attached hydrogen (secondary N) is 2. The lowest BCUT2D eigenvalue weighted by Gasteiger charge is -2.20. The standard InChI is InChI=1S/C15H29N5/c1-6-16-15(19-14(5)12(2)3)17-8-7-9-20-11-13(4)10-18-20/h10-12,14H,6-9H2,1-5H3,(H2,16,17,19). The van der Waals surface area contributed by atoms with Crippen LogP contribution in [0.4, 0.5) is 0 Å². The van der Waals surface area contributed by atoms with E-state index in [0.717, 1.165) is 32.0 Å². The Bertz CT molecular complexity index is 408. The third kappa shape index (κ3) is 6.08. The summed E-state index contributed by atoms with van der Waals surface area (Å²) in [7, 11) is 0. The van der Waals surface area contributed by atoms with Gasteiger partial charge >= 0.3 is 0 Å². The lowest BCUT2D eigenvalue weighted by Crippen LogP contribution is -2.44. The van der Waals surface area contributed by atoms with Gasteiger partial charge in [0.25, 0.3) is 0 Å². The number of guanidine groups is 1. The Morgan fingerprint density at radius 3 is 2.70 bits per heavy atom. The second-order valence-corrected chi connectivity index (χ2v) is 5.57. The molecule has 1 aromatic rings. The quantitative estimate of drug-likeness (QED) is 0.457. The third-order valence-electron chi connectivity index (χ3n) is 3.29. The van der Waals surface area contributed by atoms with Gasteiger partial charge in [0.1, 0.15) is 0 Å². The number of aryl methyl sites for hydroxylation is 2. The first kappa shape index (κ1) is 16.5. The van der Waals surface area contributed by atoms with Gasteiger partial charge in [0.2, 0.25) is 0 Å². The number of hydrogen-bond donors (Lipinski definition) is 2. The Hall–Kier alpha value is -1.52. The minimum absolute atomic E-state index is 0.418. The first-order valence-corrected chi connectivity index (χ1v) is 7.56. The molecule has 20 heavy (non-hydrogen) atoms. The molecule has 1 heterocycles. The zero-order valence-electron chi connectivity index (χ0n) is 13.5. The van der Waals surface area contributed by atoms with Gasteiger partial charge in [-0.15, -0.1) is 0 Å². The summed E-state index contributed by atoms with van der Waals surface area (Å²) >= 11 is 0. The zero-order valence-corrected chi connectivity index (χ0v) is 13.5. The Balaban J connectivity index is 2.38. The van der Waals surface area contributed by atoms with E-state index in [4.69, 9.17) is 0 Å². The van der Waals surface area contributed by atoms with E-state index >= 15 is 0 Å². The molecule has 0 aromatic carbocycles. The third-order valence-corrected chi connectivity index (χ3v) is 3.29. The molecule has 5 heteroatoms. The van der Waals surface area contributed by atoms with Gasteiger partial charge in [0.15, 0.2) is 5.96 Å². The molecule has 0 amide bonds. The van der Waals surface area contributed by atoms with Gasteiger partial charge in [-0.1, -0.05) is 13.8 Å². The van der Waals surface area contributed by atoms with Crippen LogP contribution in [0.2, 0.25) is 0 Å². The summed E-state index contributed by atoms with van der Waals surface area (Å²) in [6.07, 6.45) is 4.95. The molecule has 1 rings (SSSR count). The summed E-state index contributed by atoms with van der Waals surface area (Å²) < 4.78 is 1.97. The van der Waals surface area contributed by atoms with E-state index in [1.165, 1.54) is 5.56 Å². The minimum atomic E-state index is 0.418. The van der Waals surface area contributed by atoms with Crippen LogP contribution in [0.1, 0.15) is 39.7 Å². The molecule has 1 atom stereocenters. The first-order valence-electron chi connectivity index (χ1n) is 7.56.